The number of benzene rings is 7. The van der Waals surface area contributed by atoms with Crippen LogP contribution in [0.1, 0.15) is 99.2 Å². The molecule has 0 aliphatic carbocycles. The van der Waals surface area contributed by atoms with Gasteiger partial charge in [-0.2, -0.15) is 0 Å². The van der Waals surface area contributed by atoms with Crippen LogP contribution in [0.2, 0.25) is 0 Å². The van der Waals surface area contributed by atoms with Crippen LogP contribution in [0.25, 0.3) is 10.9 Å². The van der Waals surface area contributed by atoms with E-state index in [1.165, 1.54) is 118 Å². The van der Waals surface area contributed by atoms with Crippen LogP contribution in [-0.4, -0.2) is 266 Å². The minimum Gasteiger partial charge on any atom is -0.508 e. The number of rotatable bonds is 23. The lowest BCUT2D eigenvalue weighted by Crippen LogP contribution is -2.61. The Morgan fingerprint density at radius 3 is 1.33 bits per heavy atom. The van der Waals surface area contributed by atoms with Gasteiger partial charge in [-0.05, 0) is 106 Å². The zero-order valence-electron chi connectivity index (χ0n) is 76.5. The van der Waals surface area contributed by atoms with Crippen LogP contribution in [0.4, 0.5) is 0 Å². The van der Waals surface area contributed by atoms with E-state index in [9.17, 15) is 39.3 Å². The minimum atomic E-state index is -1.59. The first kappa shape index (κ1) is 103. The number of likely N-dealkylation sites (N-methyl/N-ethyl adjacent to an activating group) is 5. The molecule has 1 aliphatic heterocycles. The fourth-order valence-electron chi connectivity index (χ4n) is 15.6. The number of nitrogens with zero attached hydrogens (tertiary/aromatic N) is 5. The number of carbonyl (C=O) groups excluding carboxylic acids is 15. The van der Waals surface area contributed by atoms with Gasteiger partial charge in [0.2, 0.25) is 88.6 Å². The van der Waals surface area contributed by atoms with Gasteiger partial charge in [0.15, 0.2) is 0 Å². The van der Waals surface area contributed by atoms with Crippen LogP contribution in [-0.2, 0) is 117 Å². The summed E-state index contributed by atoms with van der Waals surface area (Å²) in [5.74, 6) is -15.0. The highest BCUT2D eigenvalue weighted by Gasteiger charge is 2.42. The zero-order chi connectivity index (χ0) is 96.7. The number of hydrogen-bond acceptors (Lipinski definition) is 19. The third-order valence-electron chi connectivity index (χ3n) is 23.1. The third-order valence-corrected chi connectivity index (χ3v) is 24.1. The molecule has 34 nitrogen and oxygen atoms in total. The van der Waals surface area contributed by atoms with Gasteiger partial charge in [-0.1, -0.05) is 193 Å². The van der Waals surface area contributed by atoms with Crippen LogP contribution in [0.3, 0.4) is 0 Å². The average Bonchev–Trinajstić information content (AvgIpc) is 0.982. The number of aromatic amines is 1. The summed E-state index contributed by atoms with van der Waals surface area (Å²) in [4.78, 5) is 233. The van der Waals surface area contributed by atoms with Crippen molar-refractivity contribution in [3.8, 4) is 17.2 Å². The van der Waals surface area contributed by atoms with Crippen molar-refractivity contribution in [1.82, 2.24) is 77.3 Å². The van der Waals surface area contributed by atoms with Crippen molar-refractivity contribution in [2.24, 2.45) is 17.6 Å². The van der Waals surface area contributed by atoms with E-state index in [0.717, 1.165) is 26.5 Å². The lowest BCUT2D eigenvalue weighted by atomic mass is 9.97. The fraction of sp³-hybridized carbons (Fsp3) is 0.398. The molecule has 133 heavy (non-hydrogen) atoms. The third kappa shape index (κ3) is 30.8. The summed E-state index contributed by atoms with van der Waals surface area (Å²) in [6, 6.07) is 34.3. The Morgan fingerprint density at radius 1 is 0.421 bits per heavy atom. The van der Waals surface area contributed by atoms with E-state index in [2.05, 4.69) is 52.8 Å². The molecule has 15 amide bonds. The Bertz CT molecular complexity index is 5340. The Kier molecular flexibility index (Phi) is 38.4. The number of phenolic OH excluding ortho intramolecular Hbond substituents is 3. The molecule has 2 heterocycles. The van der Waals surface area contributed by atoms with Crippen molar-refractivity contribution in [2.75, 3.05) is 66.4 Å². The molecule has 35 heteroatoms. The molecule has 11 atom stereocenters. The van der Waals surface area contributed by atoms with E-state index in [4.69, 9.17) is 5.73 Å². The van der Waals surface area contributed by atoms with Crippen molar-refractivity contribution in [1.29, 1.82) is 0 Å². The molecule has 1 aliphatic rings. The van der Waals surface area contributed by atoms with Gasteiger partial charge in [0.1, 0.15) is 83.7 Å². The summed E-state index contributed by atoms with van der Waals surface area (Å²) in [7, 11) is 6.79. The van der Waals surface area contributed by atoms with Crippen molar-refractivity contribution < 1.29 is 87.2 Å². The molecule has 0 spiro atoms. The normalized spacial score (nSPS) is 21.6. The quantitative estimate of drug-likeness (QED) is 0.0433. The number of carbonyl (C=O) groups is 15. The summed E-state index contributed by atoms with van der Waals surface area (Å²) in [6.45, 7) is 6.54. The van der Waals surface area contributed by atoms with E-state index in [1.807, 2.05) is 6.92 Å². The highest BCUT2D eigenvalue weighted by Crippen LogP contribution is 2.25. The summed E-state index contributed by atoms with van der Waals surface area (Å²) in [6.07, 6.45) is 1.16. The van der Waals surface area contributed by atoms with E-state index in [0.29, 0.717) is 62.7 Å². The van der Waals surface area contributed by atoms with Crippen molar-refractivity contribution in [2.45, 2.75) is 172 Å². The van der Waals surface area contributed by atoms with Gasteiger partial charge in [-0.15, -0.1) is 11.8 Å². The number of aromatic nitrogens is 1. The maximum Gasteiger partial charge on any atom is 0.246 e. The second-order valence-electron chi connectivity index (χ2n) is 34.3. The van der Waals surface area contributed by atoms with Gasteiger partial charge < -0.3 is 98.4 Å². The fourth-order valence-corrected chi connectivity index (χ4v) is 16.5. The number of amides is 15. The first-order chi connectivity index (χ1) is 63.4. The van der Waals surface area contributed by atoms with Gasteiger partial charge in [-0.25, -0.2) is 0 Å². The van der Waals surface area contributed by atoms with Gasteiger partial charge in [0.25, 0.3) is 0 Å². The highest BCUT2D eigenvalue weighted by molar-refractivity contribution is 8.00. The van der Waals surface area contributed by atoms with E-state index >= 15 is 47.9 Å². The molecule has 0 bridgehead atoms. The minimum absolute atomic E-state index is 0.0734. The van der Waals surface area contributed by atoms with Crippen molar-refractivity contribution in [3.63, 3.8) is 0 Å². The molecule has 7 aromatic carbocycles. The van der Waals surface area contributed by atoms with Crippen molar-refractivity contribution in [3.05, 3.63) is 233 Å². The number of H-pyrrole nitrogens is 1. The topological polar surface area (TPSA) is 483 Å². The number of aromatic hydroxyl groups is 3. The lowest BCUT2D eigenvalue weighted by molar-refractivity contribution is -0.151. The lowest BCUT2D eigenvalue weighted by Gasteiger charge is -2.37. The Balaban J connectivity index is 1.12. The van der Waals surface area contributed by atoms with Gasteiger partial charge in [-0.3, -0.25) is 71.9 Å². The average molecular weight is 1840 g/mol. The number of unbranched alkanes of at least 4 members (excludes halogenated alkanes) is 1. The molecule has 9 rings (SSSR count). The van der Waals surface area contributed by atoms with Gasteiger partial charge >= 0.3 is 0 Å². The highest BCUT2D eigenvalue weighted by atomic mass is 32.2. The molecular weight excluding hydrogens is 1720 g/mol. The second kappa shape index (κ2) is 49.8. The van der Waals surface area contributed by atoms with Crippen LogP contribution in [0.15, 0.2) is 194 Å². The maximum absolute atomic E-state index is 15.7. The number of nitrogens with two attached hydrogens (primary N) is 1. The summed E-state index contributed by atoms with van der Waals surface area (Å²) < 4.78 is 0. The molecule has 1 fully saturated rings. The largest absolute Gasteiger partial charge is 0.508 e. The van der Waals surface area contributed by atoms with Gasteiger partial charge in [0.05, 0.1) is 25.4 Å². The maximum atomic E-state index is 15.7. The van der Waals surface area contributed by atoms with E-state index < -0.39 is 186 Å². The number of primary amides is 1. The van der Waals surface area contributed by atoms with Gasteiger partial charge in [0, 0.05) is 103 Å². The van der Waals surface area contributed by atoms with Crippen LogP contribution < -0.4 is 53.6 Å². The molecule has 1 aromatic heterocycles. The van der Waals surface area contributed by atoms with E-state index in [1.54, 1.807) is 149 Å². The Hall–Kier alpha value is -14.1. The first-order valence-electron chi connectivity index (χ1n) is 44.3. The monoisotopic (exact) mass is 1840 g/mol. The number of hydrogen-bond donors (Lipinski definition) is 14. The number of fused-ring (bicyclic) bond motifs is 1. The Labute approximate surface area is 777 Å². The molecule has 0 saturated carbocycles. The summed E-state index contributed by atoms with van der Waals surface area (Å²) >= 11 is 0.843. The summed E-state index contributed by atoms with van der Waals surface area (Å²) in [5, 5.41) is 56.5. The summed E-state index contributed by atoms with van der Waals surface area (Å²) in [5.41, 5.74) is 9.71. The zero-order valence-corrected chi connectivity index (χ0v) is 77.3. The number of para-hydroxylation sites is 1. The number of phenols is 3. The number of thioether (sulfide) groups is 1. The van der Waals surface area contributed by atoms with Crippen molar-refractivity contribution >= 4 is 111 Å². The van der Waals surface area contributed by atoms with Crippen LogP contribution in [0.5, 0.6) is 17.2 Å². The molecule has 0 radical (unpaired) electrons. The Morgan fingerprint density at radius 2 is 0.827 bits per heavy atom. The molecular formula is C98H122N16O18S. The first-order valence-corrected chi connectivity index (χ1v) is 45.4. The number of nitrogens with one attached hydrogen (secondary N) is 10. The van der Waals surface area contributed by atoms with Crippen LogP contribution >= 0.6 is 11.8 Å². The molecule has 1 saturated heterocycles. The SMILES string of the molecule is CCCCC1C(=O)N(C)CC(=O)NC(Cc2ccc(O)cc2)C(=O)NC(C(C)C)C(=O)N(C)C(Cc2ccccc2)C(=O)NC(Cc2ccc(O)cc2)C(=O)N(C)CC(=O)NC(Cc2c[nH]c3ccccc23)C(=O)NC(Cc2ccc(O)cc2)C(=O)NC(CC(C)C)C(=O)NC(C(=O)NCC(N)=O)CSCC(=O)NC(Cc2ccccc2)C(=O)N(C)C(Cc2ccccc2)C(=O)N1C. The smallest absolute Gasteiger partial charge is 0.246 e. The predicted molar refractivity (Wildman–Crippen MR) is 502 cm³/mol. The van der Waals surface area contributed by atoms with Crippen LogP contribution in [0, 0.1) is 11.8 Å². The molecule has 8 aromatic rings. The second-order valence-corrected chi connectivity index (χ2v) is 35.4. The standard InChI is InChI=1S/C98H122N16O18S/c1-11-12-32-80-96(130)111(7)56-85(120)102-74(46-64-33-39-68(115)40-34-64)92(126)109-87(60(4)5)98(132)113(9)81(50-62-26-18-14-19-27-62)93(127)107-77(49-66-37-43-70(117)44-38-66)94(128)110(6)55-84(119)103-76(52-67-53-100-72-31-23-22-30-71(67)72)91(125)106-75(47-65-35-41-69(116)42-36-65)90(124)105-73(45-59(2)3)89(123)108-79(88(122)101-54-83(99)118)57-133-58-86(121)104-78(48-61-24-16-13-17-25-61)95(129)114(10)82(97(131)112(80)8)51-63-28-20-15-21-29-63/h13-31,33-44,53,59-60,73-82,87,100,115-117H,11-12,32,45-52,54-58H2,1-10H3,(H2,99,118)(H,101,122)(H,102,120)(H,103,119)(H,104,121)(H,105,124)(H,106,125)(H,107,127)(H,108,123)(H,109,126). The molecule has 15 N–H and O–H groups in total. The molecule has 708 valence electrons. The van der Waals surface area contributed by atoms with E-state index in [-0.39, 0.29) is 86.7 Å². The predicted octanol–water partition coefficient (Wildman–Crippen LogP) is 3.80. The molecule has 11 unspecified atom stereocenters.